The van der Waals surface area contributed by atoms with Crippen molar-refractivity contribution in [2.24, 2.45) is 5.92 Å². The van der Waals surface area contributed by atoms with E-state index in [-0.39, 0.29) is 24.3 Å². The number of fused-ring (bicyclic) bond motifs is 6. The zero-order chi connectivity index (χ0) is 31.2. The van der Waals surface area contributed by atoms with Crippen molar-refractivity contribution in [2.75, 3.05) is 61.2 Å². The molecule has 4 heterocycles. The van der Waals surface area contributed by atoms with Gasteiger partial charge in [0.1, 0.15) is 29.2 Å². The van der Waals surface area contributed by atoms with E-state index < -0.39 is 11.4 Å². The van der Waals surface area contributed by atoms with Gasteiger partial charge in [-0.15, -0.1) is 0 Å². The van der Waals surface area contributed by atoms with E-state index in [9.17, 15) is 9.59 Å². The fraction of sp³-hybridized carbons (Fsp3) is 0.486. The second-order valence-electron chi connectivity index (χ2n) is 12.6. The van der Waals surface area contributed by atoms with E-state index in [1.165, 1.54) is 19.8 Å². The Bertz CT molecular complexity index is 1640. The number of H-pyrrole nitrogens is 1. The Morgan fingerprint density at radius 2 is 1.91 bits per heavy atom. The highest BCUT2D eigenvalue weighted by atomic mass is 16.5. The fourth-order valence-electron chi connectivity index (χ4n) is 8.14. The van der Waals surface area contributed by atoms with Crippen LogP contribution in [0.4, 0.5) is 0 Å². The smallest absolute Gasteiger partial charge is 0.361 e. The molecule has 0 aliphatic carbocycles. The van der Waals surface area contributed by atoms with Crippen LogP contribution in [0, 0.1) is 5.92 Å². The molecule has 1 N–H and O–H groups in total. The molecule has 234 valence electrons. The Morgan fingerprint density at radius 3 is 2.61 bits per heavy atom. The quantitative estimate of drug-likeness (QED) is 0.230. The van der Waals surface area contributed by atoms with Crippen molar-refractivity contribution in [1.82, 2.24) is 4.98 Å². The molecule has 3 aromatic rings. The van der Waals surface area contributed by atoms with Crippen LogP contribution >= 0.6 is 0 Å². The van der Waals surface area contributed by atoms with Crippen molar-refractivity contribution in [3.63, 3.8) is 0 Å². The average Bonchev–Trinajstić information content (AvgIpc) is 3.61. The maximum atomic E-state index is 14.8. The molecule has 0 amide bonds. The summed E-state index contributed by atoms with van der Waals surface area (Å²) in [7, 11) is 6.15. The van der Waals surface area contributed by atoms with E-state index in [2.05, 4.69) is 31.0 Å². The summed E-state index contributed by atoms with van der Waals surface area (Å²) in [5.74, 6) is 1.18. The second kappa shape index (κ2) is 11.5. The summed E-state index contributed by atoms with van der Waals surface area (Å²) < 4.78 is 29.9. The standard InChI is InChI=1S/C35H43N2O7/c1-7-22-14-23-16-35(34(39)43-6,31-28(40-3)15-27-30(32(31)42-5)21(2)20-44-27)33-25(24-10-8-9-11-26(24)36-33)12-13-37(17-22,18-23)19-29(38)41-4/h8-11,14-15,21,23,36H,7,12-13,16-20H2,1-6H3/q+1/t21?,23-,35-,37?/m0/s1. The van der Waals surface area contributed by atoms with Crippen LogP contribution in [0.1, 0.15) is 55.0 Å². The molecule has 9 heteroatoms. The van der Waals surface area contributed by atoms with Gasteiger partial charge in [0.2, 0.25) is 0 Å². The molecule has 1 aromatic heterocycles. The minimum Gasteiger partial charge on any atom is -0.496 e. The maximum absolute atomic E-state index is 14.8. The molecule has 6 rings (SSSR count). The number of carbonyl (C=O) groups is 2. The average molecular weight is 604 g/mol. The van der Waals surface area contributed by atoms with E-state index in [0.717, 1.165) is 47.2 Å². The molecule has 0 spiro atoms. The summed E-state index contributed by atoms with van der Waals surface area (Å²) in [5.41, 5.74) is 4.27. The number of ether oxygens (including phenoxy) is 5. The SMILES string of the molecule is CCC1=C[C@H]2C[C@](C(=O)OC)(c3c(OC)cc4c(c3OC)C(C)CO4)c3[nH]c4ccccc4c3CC[N+](CC(=O)OC)(C1)C2. The van der Waals surface area contributed by atoms with Gasteiger partial charge in [0.25, 0.3) is 0 Å². The van der Waals surface area contributed by atoms with Crippen LogP contribution in [0.15, 0.2) is 42.0 Å². The lowest BCUT2D eigenvalue weighted by Crippen LogP contribution is -2.57. The molecule has 0 fully saturated rings. The zero-order valence-electron chi connectivity index (χ0n) is 26.6. The minimum atomic E-state index is -1.32. The number of nitrogens with zero attached hydrogens (tertiary/aromatic N) is 1. The van der Waals surface area contributed by atoms with E-state index in [4.69, 9.17) is 23.7 Å². The third kappa shape index (κ3) is 4.64. The van der Waals surface area contributed by atoms with Gasteiger partial charge < -0.3 is 33.2 Å². The predicted molar refractivity (Wildman–Crippen MR) is 166 cm³/mol. The number of nitrogens with one attached hydrogen (secondary N) is 1. The molecule has 4 atom stereocenters. The lowest BCUT2D eigenvalue weighted by molar-refractivity contribution is -0.921. The number of aromatic nitrogens is 1. The van der Waals surface area contributed by atoms with Gasteiger partial charge in [0.15, 0.2) is 6.54 Å². The molecule has 3 aliphatic rings. The largest absolute Gasteiger partial charge is 0.496 e. The number of para-hydroxylation sites is 1. The number of hydrogen-bond acceptors (Lipinski definition) is 7. The summed E-state index contributed by atoms with van der Waals surface area (Å²) in [5, 5.41) is 1.05. The number of methoxy groups -OCH3 is 4. The van der Waals surface area contributed by atoms with E-state index in [1.54, 1.807) is 14.2 Å². The second-order valence-corrected chi connectivity index (χ2v) is 12.6. The molecule has 44 heavy (non-hydrogen) atoms. The van der Waals surface area contributed by atoms with Gasteiger partial charge in [-0.2, -0.15) is 0 Å². The number of hydrogen-bond donors (Lipinski definition) is 1. The molecule has 0 radical (unpaired) electrons. The molecule has 9 nitrogen and oxygen atoms in total. The van der Waals surface area contributed by atoms with Crippen LogP contribution in [0.3, 0.4) is 0 Å². The predicted octanol–water partition coefficient (Wildman–Crippen LogP) is 5.04. The van der Waals surface area contributed by atoms with Gasteiger partial charge in [-0.1, -0.05) is 38.1 Å². The Kier molecular flexibility index (Phi) is 7.86. The molecule has 3 aliphatic heterocycles. The number of quaternary nitrogens is 1. The van der Waals surface area contributed by atoms with Crippen LogP contribution < -0.4 is 14.2 Å². The first-order valence-corrected chi connectivity index (χ1v) is 15.5. The van der Waals surface area contributed by atoms with Gasteiger partial charge >= 0.3 is 11.9 Å². The van der Waals surface area contributed by atoms with Crippen molar-refractivity contribution < 1.29 is 37.8 Å². The van der Waals surface area contributed by atoms with Crippen LogP contribution in [-0.2, 0) is 30.9 Å². The van der Waals surface area contributed by atoms with Gasteiger partial charge in [-0.25, -0.2) is 4.79 Å². The highest BCUT2D eigenvalue weighted by Gasteiger charge is 2.55. The van der Waals surface area contributed by atoms with Crippen LogP contribution in [-0.4, -0.2) is 82.6 Å². The zero-order valence-corrected chi connectivity index (χ0v) is 26.6. The van der Waals surface area contributed by atoms with Gasteiger partial charge in [0, 0.05) is 46.5 Å². The first kappa shape index (κ1) is 30.1. The number of benzene rings is 2. The third-order valence-corrected chi connectivity index (χ3v) is 10.0. The van der Waals surface area contributed by atoms with Gasteiger partial charge in [-0.3, -0.25) is 4.79 Å². The Labute approximate surface area is 258 Å². The van der Waals surface area contributed by atoms with Crippen molar-refractivity contribution in [3.8, 4) is 17.2 Å². The highest BCUT2D eigenvalue weighted by Crippen LogP contribution is 2.56. The molecule has 0 saturated carbocycles. The molecule has 2 unspecified atom stereocenters. The topological polar surface area (TPSA) is 96.1 Å². The summed E-state index contributed by atoms with van der Waals surface area (Å²) >= 11 is 0. The minimum absolute atomic E-state index is 0.0588. The normalized spacial score (nSPS) is 25.8. The Morgan fingerprint density at radius 1 is 1.11 bits per heavy atom. The van der Waals surface area contributed by atoms with E-state index >= 15 is 0 Å². The van der Waals surface area contributed by atoms with Gasteiger partial charge in [0.05, 0.1) is 53.7 Å². The highest BCUT2D eigenvalue weighted by molar-refractivity contribution is 5.95. The summed E-state index contributed by atoms with van der Waals surface area (Å²) in [6.45, 7) is 7.22. The maximum Gasteiger partial charge on any atom is 0.361 e. The molecule has 0 saturated heterocycles. The summed E-state index contributed by atoms with van der Waals surface area (Å²) in [6, 6.07) is 10.0. The van der Waals surface area contributed by atoms with Crippen LogP contribution in [0.5, 0.6) is 17.2 Å². The lowest BCUT2D eigenvalue weighted by Gasteiger charge is -2.44. The summed E-state index contributed by atoms with van der Waals surface area (Å²) in [4.78, 5) is 31.3. The summed E-state index contributed by atoms with van der Waals surface area (Å²) in [6.07, 6.45) is 4.22. The van der Waals surface area contributed by atoms with Crippen molar-refractivity contribution >= 4 is 22.8 Å². The molecule has 2 aromatic carbocycles. The number of carbonyl (C=O) groups excluding carboxylic acids is 2. The van der Waals surface area contributed by atoms with Crippen molar-refractivity contribution in [3.05, 3.63) is 64.4 Å². The van der Waals surface area contributed by atoms with E-state index in [0.29, 0.717) is 53.3 Å². The Balaban J connectivity index is 1.72. The monoisotopic (exact) mass is 603 g/mol. The lowest BCUT2D eigenvalue weighted by atomic mass is 9.68. The van der Waals surface area contributed by atoms with E-state index in [1.807, 2.05) is 24.3 Å². The van der Waals surface area contributed by atoms with Gasteiger partial charge in [-0.05, 0) is 30.0 Å². The van der Waals surface area contributed by atoms with Crippen molar-refractivity contribution in [2.45, 2.75) is 44.4 Å². The van der Waals surface area contributed by atoms with Crippen LogP contribution in [0.2, 0.25) is 0 Å². The first-order valence-electron chi connectivity index (χ1n) is 15.5. The third-order valence-electron chi connectivity index (χ3n) is 10.0. The molecular weight excluding hydrogens is 560 g/mol. The number of aromatic amines is 1. The van der Waals surface area contributed by atoms with Crippen LogP contribution in [0.25, 0.3) is 10.9 Å². The molecule has 2 bridgehead atoms. The molecular formula is C35H43N2O7+. The van der Waals surface area contributed by atoms with Crippen molar-refractivity contribution in [1.29, 1.82) is 0 Å². The number of rotatable bonds is 7. The number of esters is 2. The fourth-order valence-corrected chi connectivity index (χ4v) is 8.14. The first-order chi connectivity index (χ1) is 21.2. The Hall–Kier alpha value is -3.98.